The fraction of sp³-hybridized carbons (Fsp3) is 0.267. The molecule has 126 valence electrons. The molecule has 0 radical (unpaired) electrons. The fourth-order valence-corrected chi connectivity index (χ4v) is 2.57. The molecule has 6 N–H and O–H groups in total. The number of likely N-dealkylation sites (tertiary alicyclic amines) is 1. The SMILES string of the molecule is NNc1c(-c2cc(NCC(=O)N3CCC3)ncn2)ccc(Cl)c1N. The molecule has 9 heteroatoms. The maximum atomic E-state index is 11.9. The minimum Gasteiger partial charge on any atom is -0.396 e. The Kier molecular flexibility index (Phi) is 4.68. The van der Waals surface area contributed by atoms with Crippen molar-refractivity contribution in [3.63, 3.8) is 0 Å². The van der Waals surface area contributed by atoms with Gasteiger partial charge in [-0.1, -0.05) is 11.6 Å². The molecule has 1 aliphatic heterocycles. The van der Waals surface area contributed by atoms with Crippen molar-refractivity contribution >= 4 is 34.7 Å². The summed E-state index contributed by atoms with van der Waals surface area (Å²) in [6, 6.07) is 5.17. The van der Waals surface area contributed by atoms with E-state index in [0.717, 1.165) is 19.5 Å². The normalized spacial score (nSPS) is 13.3. The average molecular weight is 348 g/mol. The third-order valence-electron chi connectivity index (χ3n) is 3.91. The number of carbonyl (C=O) groups is 1. The standard InChI is InChI=1S/C15H18ClN7O/c16-10-3-2-9(15(22-18)14(10)17)11-6-12(21-8-20-11)19-7-13(24)23-4-1-5-23/h2-3,6,8,22H,1,4-5,7,17-18H2,(H,19,20,21). The predicted octanol–water partition coefficient (Wildman–Crippen LogP) is 1.31. The molecule has 0 unspecified atom stereocenters. The summed E-state index contributed by atoms with van der Waals surface area (Å²) in [4.78, 5) is 22.1. The molecule has 0 aliphatic carbocycles. The zero-order chi connectivity index (χ0) is 17.1. The van der Waals surface area contributed by atoms with Crippen molar-refractivity contribution in [3.8, 4) is 11.3 Å². The largest absolute Gasteiger partial charge is 0.396 e. The van der Waals surface area contributed by atoms with Crippen LogP contribution in [-0.4, -0.2) is 40.4 Å². The molecule has 1 aliphatic rings. The number of nitrogens with one attached hydrogen (secondary N) is 2. The van der Waals surface area contributed by atoms with Gasteiger partial charge in [-0.25, -0.2) is 9.97 Å². The summed E-state index contributed by atoms with van der Waals surface area (Å²) in [6.07, 6.45) is 2.48. The summed E-state index contributed by atoms with van der Waals surface area (Å²) in [6.45, 7) is 1.84. The molecule has 24 heavy (non-hydrogen) atoms. The highest BCUT2D eigenvalue weighted by Crippen LogP contribution is 2.36. The summed E-state index contributed by atoms with van der Waals surface area (Å²) in [5, 5.41) is 3.42. The lowest BCUT2D eigenvalue weighted by Crippen LogP contribution is -2.44. The third kappa shape index (κ3) is 3.19. The van der Waals surface area contributed by atoms with Gasteiger partial charge in [0, 0.05) is 24.7 Å². The average Bonchev–Trinajstić information content (AvgIpc) is 2.54. The minimum absolute atomic E-state index is 0.0569. The maximum absolute atomic E-state index is 11.9. The Morgan fingerprint density at radius 3 is 2.79 bits per heavy atom. The first-order valence-corrected chi connectivity index (χ1v) is 7.86. The molecule has 2 heterocycles. The number of hydrogen-bond acceptors (Lipinski definition) is 7. The Morgan fingerprint density at radius 1 is 1.33 bits per heavy atom. The van der Waals surface area contributed by atoms with Crippen LogP contribution in [-0.2, 0) is 4.79 Å². The number of nitrogen functional groups attached to an aromatic ring is 2. The number of rotatable bonds is 5. The van der Waals surface area contributed by atoms with E-state index in [1.54, 1.807) is 23.1 Å². The van der Waals surface area contributed by atoms with E-state index >= 15 is 0 Å². The number of anilines is 3. The Hall–Kier alpha value is -2.58. The highest BCUT2D eigenvalue weighted by molar-refractivity contribution is 6.34. The van der Waals surface area contributed by atoms with Crippen molar-refractivity contribution in [2.75, 3.05) is 36.1 Å². The smallest absolute Gasteiger partial charge is 0.241 e. The lowest BCUT2D eigenvalue weighted by molar-refractivity contribution is -0.132. The van der Waals surface area contributed by atoms with Gasteiger partial charge in [-0.15, -0.1) is 0 Å². The van der Waals surface area contributed by atoms with Gasteiger partial charge in [0.15, 0.2) is 0 Å². The second kappa shape index (κ2) is 6.90. The molecule has 1 aromatic heterocycles. The van der Waals surface area contributed by atoms with Gasteiger partial charge in [0.2, 0.25) is 5.91 Å². The second-order valence-corrected chi connectivity index (χ2v) is 5.81. The van der Waals surface area contributed by atoms with E-state index in [4.69, 9.17) is 23.2 Å². The van der Waals surface area contributed by atoms with Crippen molar-refractivity contribution in [2.45, 2.75) is 6.42 Å². The van der Waals surface area contributed by atoms with E-state index in [1.807, 2.05) is 0 Å². The van der Waals surface area contributed by atoms with E-state index in [2.05, 4.69) is 20.7 Å². The van der Waals surface area contributed by atoms with Crippen molar-refractivity contribution in [1.82, 2.24) is 14.9 Å². The number of benzene rings is 1. The number of nitrogens with zero attached hydrogens (tertiary/aromatic N) is 3. The zero-order valence-electron chi connectivity index (χ0n) is 12.9. The lowest BCUT2D eigenvalue weighted by atomic mass is 10.1. The molecule has 2 aromatic rings. The van der Waals surface area contributed by atoms with Crippen molar-refractivity contribution in [2.24, 2.45) is 5.84 Å². The van der Waals surface area contributed by atoms with E-state index in [0.29, 0.717) is 33.5 Å². The highest BCUT2D eigenvalue weighted by atomic mass is 35.5. The van der Waals surface area contributed by atoms with Gasteiger partial charge in [-0.2, -0.15) is 0 Å². The van der Waals surface area contributed by atoms with Gasteiger partial charge in [0.05, 0.1) is 28.6 Å². The Balaban J connectivity index is 1.80. The number of halogens is 1. The monoisotopic (exact) mass is 347 g/mol. The molecular formula is C15H18ClN7O. The van der Waals surface area contributed by atoms with Crippen LogP contribution in [0.15, 0.2) is 24.5 Å². The van der Waals surface area contributed by atoms with E-state index < -0.39 is 0 Å². The van der Waals surface area contributed by atoms with E-state index in [1.165, 1.54) is 6.33 Å². The zero-order valence-corrected chi connectivity index (χ0v) is 13.7. The quantitative estimate of drug-likeness (QED) is 0.365. The molecule has 0 bridgehead atoms. The van der Waals surface area contributed by atoms with Crippen molar-refractivity contribution in [1.29, 1.82) is 0 Å². The molecular weight excluding hydrogens is 330 g/mol. The van der Waals surface area contributed by atoms with Crippen LogP contribution in [0.2, 0.25) is 5.02 Å². The summed E-state index contributed by atoms with van der Waals surface area (Å²) in [7, 11) is 0. The molecule has 3 rings (SSSR count). The maximum Gasteiger partial charge on any atom is 0.241 e. The first kappa shape index (κ1) is 16.3. The summed E-state index contributed by atoms with van der Waals surface area (Å²) in [5.74, 6) is 6.15. The van der Waals surface area contributed by atoms with Crippen LogP contribution in [0.1, 0.15) is 6.42 Å². The minimum atomic E-state index is 0.0569. The number of hydrogen-bond donors (Lipinski definition) is 4. The topological polar surface area (TPSA) is 122 Å². The molecule has 1 aromatic carbocycles. The van der Waals surface area contributed by atoms with Gasteiger partial charge >= 0.3 is 0 Å². The van der Waals surface area contributed by atoms with Crippen LogP contribution in [0.4, 0.5) is 17.2 Å². The van der Waals surface area contributed by atoms with Gasteiger partial charge in [-0.3, -0.25) is 10.6 Å². The molecule has 0 saturated carbocycles. The van der Waals surface area contributed by atoms with Crippen LogP contribution in [0.3, 0.4) is 0 Å². The van der Waals surface area contributed by atoms with Crippen LogP contribution < -0.4 is 22.3 Å². The van der Waals surface area contributed by atoms with Crippen LogP contribution in [0, 0.1) is 0 Å². The number of carbonyl (C=O) groups excluding carboxylic acids is 1. The molecule has 0 atom stereocenters. The first-order chi connectivity index (χ1) is 11.6. The van der Waals surface area contributed by atoms with Gasteiger partial charge in [0.25, 0.3) is 0 Å². The van der Waals surface area contributed by atoms with Crippen LogP contribution in [0.5, 0.6) is 0 Å². The summed E-state index contributed by atoms with van der Waals surface area (Å²) < 4.78 is 0. The van der Waals surface area contributed by atoms with Gasteiger partial charge in [-0.05, 0) is 18.6 Å². The molecule has 1 fully saturated rings. The Morgan fingerprint density at radius 2 is 2.12 bits per heavy atom. The third-order valence-corrected chi connectivity index (χ3v) is 4.24. The van der Waals surface area contributed by atoms with Crippen LogP contribution in [0.25, 0.3) is 11.3 Å². The molecule has 0 spiro atoms. The van der Waals surface area contributed by atoms with E-state index in [9.17, 15) is 4.79 Å². The summed E-state index contributed by atoms with van der Waals surface area (Å²) in [5.41, 5.74) is 10.6. The number of hydrazine groups is 1. The molecule has 1 amide bonds. The molecule has 1 saturated heterocycles. The van der Waals surface area contributed by atoms with E-state index in [-0.39, 0.29) is 12.5 Å². The Bertz CT molecular complexity index is 763. The molecule has 8 nitrogen and oxygen atoms in total. The van der Waals surface area contributed by atoms with Crippen molar-refractivity contribution < 1.29 is 4.79 Å². The van der Waals surface area contributed by atoms with Gasteiger partial charge < -0.3 is 21.4 Å². The fourth-order valence-electron chi connectivity index (χ4n) is 2.41. The first-order valence-electron chi connectivity index (χ1n) is 7.49. The number of nitrogens with two attached hydrogens (primary N) is 2. The van der Waals surface area contributed by atoms with Crippen molar-refractivity contribution in [3.05, 3.63) is 29.5 Å². The predicted molar refractivity (Wildman–Crippen MR) is 94.4 cm³/mol. The van der Waals surface area contributed by atoms with Gasteiger partial charge in [0.1, 0.15) is 12.1 Å². The number of amides is 1. The second-order valence-electron chi connectivity index (χ2n) is 5.40. The number of aromatic nitrogens is 2. The lowest BCUT2D eigenvalue weighted by Gasteiger charge is -2.30. The van der Waals surface area contributed by atoms with Crippen LogP contribution >= 0.6 is 11.6 Å². The highest BCUT2D eigenvalue weighted by Gasteiger charge is 2.19. The summed E-state index contributed by atoms with van der Waals surface area (Å²) >= 11 is 6.01. The Labute approximate surface area is 144 Å².